The van der Waals surface area contributed by atoms with E-state index < -0.39 is 6.10 Å². The maximum Gasteiger partial charge on any atom is 0.306 e. The molecule has 15 heavy (non-hydrogen) atoms. The van der Waals surface area contributed by atoms with E-state index in [9.17, 15) is 9.90 Å². The van der Waals surface area contributed by atoms with Gasteiger partial charge in [0.1, 0.15) is 6.10 Å². The van der Waals surface area contributed by atoms with Crippen molar-refractivity contribution in [1.82, 2.24) is 0 Å². The molecule has 0 aromatic heterocycles. The van der Waals surface area contributed by atoms with Gasteiger partial charge in [0.2, 0.25) is 0 Å². The third kappa shape index (κ3) is 1.46. The number of hydrogen-bond donors (Lipinski definition) is 1. The summed E-state index contributed by atoms with van der Waals surface area (Å²) in [5, 5.41) is 9.89. The zero-order chi connectivity index (χ0) is 10.4. The van der Waals surface area contributed by atoms with Crippen molar-refractivity contribution >= 4 is 5.97 Å². The molecule has 0 amide bonds. The number of fused-ring (bicyclic) bond motifs is 1. The van der Waals surface area contributed by atoms with Crippen LogP contribution >= 0.6 is 0 Å². The second-order valence-corrected chi connectivity index (χ2v) is 4.39. The third-order valence-electron chi connectivity index (χ3n) is 3.54. The molecule has 1 aliphatic carbocycles. The highest BCUT2D eigenvalue weighted by Gasteiger charge is 2.53. The van der Waals surface area contributed by atoms with Gasteiger partial charge < -0.3 is 19.3 Å². The van der Waals surface area contributed by atoms with Gasteiger partial charge in [-0.05, 0) is 0 Å². The average molecular weight is 214 g/mol. The Morgan fingerprint density at radius 1 is 1.27 bits per heavy atom. The Morgan fingerprint density at radius 2 is 2.00 bits per heavy atom. The maximum absolute atomic E-state index is 11.1. The molecule has 0 aromatic rings. The first-order valence-electron chi connectivity index (χ1n) is 5.36. The molecule has 84 valence electrons. The minimum atomic E-state index is -0.476. The fourth-order valence-electron chi connectivity index (χ4n) is 2.90. The summed E-state index contributed by atoms with van der Waals surface area (Å²) in [6.07, 6.45) is -0.0640. The van der Waals surface area contributed by atoms with Crippen LogP contribution in [0.2, 0.25) is 0 Å². The molecule has 2 aliphatic heterocycles. The van der Waals surface area contributed by atoms with Crippen LogP contribution < -0.4 is 0 Å². The molecule has 0 spiro atoms. The summed E-state index contributed by atoms with van der Waals surface area (Å²) in [5.41, 5.74) is 0. The van der Waals surface area contributed by atoms with Crippen molar-refractivity contribution in [3.63, 3.8) is 0 Å². The minimum absolute atomic E-state index is 0.0654. The molecule has 0 radical (unpaired) electrons. The van der Waals surface area contributed by atoms with Crippen LogP contribution in [0.5, 0.6) is 0 Å². The fourth-order valence-corrected chi connectivity index (χ4v) is 2.90. The average Bonchev–Trinajstić information content (AvgIpc) is 2.80. The molecule has 4 atom stereocenters. The summed E-state index contributed by atoms with van der Waals surface area (Å²) in [4.78, 5) is 11.1. The normalized spacial score (nSPS) is 45.8. The van der Waals surface area contributed by atoms with Crippen LogP contribution in [0.15, 0.2) is 0 Å². The van der Waals surface area contributed by atoms with E-state index in [2.05, 4.69) is 0 Å². The molecule has 3 fully saturated rings. The summed E-state index contributed by atoms with van der Waals surface area (Å²) < 4.78 is 15.9. The van der Waals surface area contributed by atoms with E-state index in [1.807, 2.05) is 0 Å². The van der Waals surface area contributed by atoms with E-state index in [0.717, 1.165) is 0 Å². The lowest BCUT2D eigenvalue weighted by Crippen LogP contribution is -2.33. The molecular weight excluding hydrogens is 200 g/mol. The van der Waals surface area contributed by atoms with Gasteiger partial charge in [0, 0.05) is 18.3 Å². The van der Waals surface area contributed by atoms with Crippen molar-refractivity contribution in [2.24, 2.45) is 11.8 Å². The Balaban J connectivity index is 1.78. The molecule has 3 aliphatic rings. The lowest BCUT2D eigenvalue weighted by Gasteiger charge is -2.23. The van der Waals surface area contributed by atoms with E-state index in [0.29, 0.717) is 26.1 Å². The molecule has 0 unspecified atom stereocenters. The van der Waals surface area contributed by atoms with Crippen LogP contribution in [0.3, 0.4) is 0 Å². The van der Waals surface area contributed by atoms with E-state index in [-0.39, 0.29) is 30.2 Å². The first-order valence-corrected chi connectivity index (χ1v) is 5.36. The van der Waals surface area contributed by atoms with E-state index in [4.69, 9.17) is 14.2 Å². The van der Waals surface area contributed by atoms with Crippen molar-refractivity contribution in [2.75, 3.05) is 13.2 Å². The zero-order valence-electron chi connectivity index (χ0n) is 8.30. The first kappa shape index (κ1) is 9.57. The lowest BCUT2D eigenvalue weighted by atomic mass is 9.91. The minimum Gasteiger partial charge on any atom is -0.462 e. The molecule has 0 aromatic carbocycles. The second kappa shape index (κ2) is 3.43. The van der Waals surface area contributed by atoms with Gasteiger partial charge in [0.15, 0.2) is 6.29 Å². The number of aliphatic hydroxyl groups is 1. The van der Waals surface area contributed by atoms with Crippen LogP contribution in [0.1, 0.15) is 12.8 Å². The Kier molecular flexibility index (Phi) is 2.19. The largest absolute Gasteiger partial charge is 0.462 e. The van der Waals surface area contributed by atoms with Crippen LogP contribution in [0, 0.1) is 11.8 Å². The predicted octanol–water partition coefficient (Wildman–Crippen LogP) is -0.328. The molecule has 5 nitrogen and oxygen atoms in total. The van der Waals surface area contributed by atoms with E-state index in [1.54, 1.807) is 0 Å². The highest BCUT2D eigenvalue weighted by atomic mass is 16.7. The molecule has 0 bridgehead atoms. The van der Waals surface area contributed by atoms with Crippen LogP contribution in [0.4, 0.5) is 0 Å². The first-order chi connectivity index (χ1) is 7.25. The highest BCUT2D eigenvalue weighted by Crippen LogP contribution is 2.44. The van der Waals surface area contributed by atoms with Gasteiger partial charge in [0.05, 0.1) is 25.7 Å². The van der Waals surface area contributed by atoms with Crippen LogP contribution in [-0.4, -0.2) is 42.8 Å². The molecule has 3 rings (SSSR count). The van der Waals surface area contributed by atoms with Crippen molar-refractivity contribution in [1.29, 1.82) is 0 Å². The highest BCUT2D eigenvalue weighted by molar-refractivity contribution is 5.72. The molecule has 5 heteroatoms. The number of esters is 1. The number of hydrogen-bond acceptors (Lipinski definition) is 5. The fraction of sp³-hybridized carbons (Fsp3) is 0.900. The number of carbonyl (C=O) groups is 1. The third-order valence-corrected chi connectivity index (χ3v) is 3.54. The van der Waals surface area contributed by atoms with E-state index >= 15 is 0 Å². The smallest absolute Gasteiger partial charge is 0.306 e. The van der Waals surface area contributed by atoms with Gasteiger partial charge in [-0.25, -0.2) is 0 Å². The topological polar surface area (TPSA) is 65.0 Å². The molecule has 1 N–H and O–H groups in total. The summed E-state index contributed by atoms with van der Waals surface area (Å²) >= 11 is 0. The molecule has 2 heterocycles. The number of aliphatic hydroxyl groups excluding tert-OH is 1. The number of rotatable bonds is 1. The van der Waals surface area contributed by atoms with Gasteiger partial charge in [-0.15, -0.1) is 0 Å². The number of ether oxygens (including phenoxy) is 3. The summed E-state index contributed by atoms with van der Waals surface area (Å²) in [5.74, 6) is -0.209. The van der Waals surface area contributed by atoms with Crippen molar-refractivity contribution in [3.05, 3.63) is 0 Å². The Bertz CT molecular complexity index is 273. The summed E-state index contributed by atoms with van der Waals surface area (Å²) in [6.45, 7) is 1.14. The van der Waals surface area contributed by atoms with Gasteiger partial charge >= 0.3 is 5.97 Å². The summed E-state index contributed by atoms with van der Waals surface area (Å²) in [6, 6.07) is 0. The Hall–Kier alpha value is -0.650. The Labute approximate surface area is 87.3 Å². The molecule has 2 saturated heterocycles. The van der Waals surface area contributed by atoms with Crippen molar-refractivity contribution in [2.45, 2.75) is 31.3 Å². The van der Waals surface area contributed by atoms with Gasteiger partial charge in [-0.1, -0.05) is 0 Å². The predicted molar refractivity (Wildman–Crippen MR) is 47.8 cm³/mol. The van der Waals surface area contributed by atoms with E-state index in [1.165, 1.54) is 0 Å². The van der Waals surface area contributed by atoms with Gasteiger partial charge in [0.25, 0.3) is 0 Å². The van der Waals surface area contributed by atoms with Crippen molar-refractivity contribution < 1.29 is 24.1 Å². The molecular formula is C10H14O5. The van der Waals surface area contributed by atoms with Crippen LogP contribution in [0.25, 0.3) is 0 Å². The number of carbonyl (C=O) groups excluding carboxylic acids is 1. The quantitative estimate of drug-likeness (QED) is 0.605. The van der Waals surface area contributed by atoms with Gasteiger partial charge in [-0.2, -0.15) is 0 Å². The summed E-state index contributed by atoms with van der Waals surface area (Å²) in [7, 11) is 0. The monoisotopic (exact) mass is 214 g/mol. The van der Waals surface area contributed by atoms with Crippen molar-refractivity contribution in [3.8, 4) is 0 Å². The zero-order valence-corrected chi connectivity index (χ0v) is 8.30. The maximum atomic E-state index is 11.1. The van der Waals surface area contributed by atoms with Gasteiger partial charge in [-0.3, -0.25) is 4.79 Å². The van der Waals surface area contributed by atoms with Crippen LogP contribution in [-0.2, 0) is 19.0 Å². The standard InChI is InChI=1S/C10H14O5/c11-6-4-7-5(3-8(12)15-7)9(6)10-13-1-2-14-10/h5-7,9-11H,1-4H2/t5-,6+,7-,9+/m1/s1. The second-order valence-electron chi connectivity index (χ2n) is 4.39. The lowest BCUT2D eigenvalue weighted by molar-refractivity contribution is -0.142. The Morgan fingerprint density at radius 3 is 2.73 bits per heavy atom. The SMILES string of the molecule is O=C1C[C@H]2[C@H](C3OCCO3)[C@@H](O)C[C@H]2O1. The molecule has 1 saturated carbocycles.